The molecule has 82 heavy (non-hydrogen) atoms. The first kappa shape index (κ1) is 63.6. The predicted molar refractivity (Wildman–Crippen MR) is 298 cm³/mol. The summed E-state index contributed by atoms with van der Waals surface area (Å²) in [6.45, 7) is 8.82. The fourth-order valence-electron chi connectivity index (χ4n) is 10.0. The number of fused-ring (bicyclic) bond motifs is 5. The number of hydrogen-bond acceptors (Lipinski definition) is 15. The van der Waals surface area contributed by atoms with Gasteiger partial charge >= 0.3 is 18.2 Å². The predicted octanol–water partition coefficient (Wildman–Crippen LogP) is 5.01. The zero-order chi connectivity index (χ0) is 60.2. The summed E-state index contributed by atoms with van der Waals surface area (Å²) < 4.78 is 45.1. The molecule has 2 aromatic carbocycles. The summed E-state index contributed by atoms with van der Waals surface area (Å²) in [5.74, 6) is -5.16. The maximum atomic E-state index is 16.0. The number of rotatable bonds is 20. The van der Waals surface area contributed by atoms with E-state index in [0.717, 1.165) is 28.2 Å². The number of epoxide rings is 1. The number of alkyl carbamates (subject to hydrolysis) is 1. The van der Waals surface area contributed by atoms with Gasteiger partial charge in [0.25, 0.3) is 11.8 Å². The third-order valence-corrected chi connectivity index (χ3v) is 15.1. The van der Waals surface area contributed by atoms with E-state index in [2.05, 4.69) is 31.9 Å². The van der Waals surface area contributed by atoms with Crippen LogP contribution < -0.4 is 47.3 Å². The molecule has 26 heteroatoms. The van der Waals surface area contributed by atoms with Crippen LogP contribution in [0.15, 0.2) is 66.3 Å². The van der Waals surface area contributed by atoms with Crippen molar-refractivity contribution in [2.45, 2.75) is 140 Å². The molecule has 0 aliphatic carbocycles. The molecule has 2 saturated heterocycles. The lowest BCUT2D eigenvalue weighted by Gasteiger charge is -2.42. The lowest BCUT2D eigenvalue weighted by molar-refractivity contribution is -0.142. The SMILES string of the molecule is COc1cc2cc(c1Cl)N(C)C(=O)C[C@H](OC(=O)Nc1ccc(NC(=O)[C@H](CCCNC(N)=O)NC(=O)[C@@H](NC(=O)CCCCCN3C(=O)C=CC3=O)C(C)C)cc1F)[C@]1(C)O[C@H]1[C@H](C)[C@@H]1C[C@@](O)(NC(=O)O1)[C@H](OC)/C=C/C=C(\C)C2. The smallest absolute Gasteiger partial charge is 0.412 e. The van der Waals surface area contributed by atoms with E-state index in [9.17, 15) is 48.3 Å². The van der Waals surface area contributed by atoms with Gasteiger partial charge in [0.05, 0.1) is 31.0 Å². The number of nitrogens with zero attached hydrogens (tertiary/aromatic N) is 2. The van der Waals surface area contributed by atoms with Crippen LogP contribution in [0, 0.1) is 17.7 Å². The zero-order valence-corrected chi connectivity index (χ0v) is 47.8. The number of allylic oxidation sites excluding steroid dienone is 3. The average Bonchev–Trinajstić information content (AvgIpc) is 2.00. The van der Waals surface area contributed by atoms with Crippen LogP contribution in [0.25, 0.3) is 0 Å². The number of nitrogens with two attached hydrogens (primary N) is 1. The molecule has 0 unspecified atom stereocenters. The van der Waals surface area contributed by atoms with Gasteiger partial charge in [0.2, 0.25) is 23.6 Å². The third kappa shape index (κ3) is 16.3. The Balaban J connectivity index is 1.16. The first-order valence-corrected chi connectivity index (χ1v) is 27.3. The lowest BCUT2D eigenvalue weighted by Crippen LogP contribution is -2.63. The quantitative estimate of drug-likeness (QED) is 0.0491. The minimum atomic E-state index is -1.93. The lowest BCUT2D eigenvalue weighted by atomic mass is 9.83. The fraction of sp³-hybridized carbons (Fsp3) is 0.518. The largest absolute Gasteiger partial charge is 0.495 e. The van der Waals surface area contributed by atoms with Crippen LogP contribution in [0.2, 0.25) is 5.02 Å². The van der Waals surface area contributed by atoms with E-state index in [4.69, 9.17) is 41.0 Å². The Morgan fingerprint density at radius 1 is 0.988 bits per heavy atom. The number of carbonyl (C=O) groups excluding carboxylic acids is 9. The highest BCUT2D eigenvalue weighted by atomic mass is 35.5. The molecule has 24 nitrogen and oxygen atoms in total. The summed E-state index contributed by atoms with van der Waals surface area (Å²) in [5.41, 5.74) is 3.22. The molecular formula is C56H73ClFN9O15. The maximum absolute atomic E-state index is 16.0. The normalized spacial score (nSPS) is 25.3. The standard InChI is InChI=1S/C56H73ClFN9O15/c1-30(2)48(64-43(68)17-10-9-11-23-67-44(69)20-21-45(67)70)51(73)62-37(15-13-22-60-52(59)74)50(72)61-34-18-19-36(35(58)27-34)63-53(75)81-42-28-46(71)66(6)38-25-33(26-39(78-7)47(38)57)24-31(3)14-12-16-41(79-8)56(77)29-40(80-54(76)65-56)32(4)49-55(42,5)82-49/h12,14,16,18-21,25-27,30,32,37,40-42,48-49,77H,9-11,13,15,17,22-24,28-29H2,1-8H3,(H,61,72)(H,62,73)(H,63,75)(H,64,68)(H,65,76)(H3,59,60,74)/b16-12+,31-14+/t32-,37+,40+,41-,42+,48+,49+,55+,56+/m1/s1. The average molecular weight is 1170 g/mol. The Bertz CT molecular complexity index is 2850. The third-order valence-electron chi connectivity index (χ3n) is 14.7. The van der Waals surface area contributed by atoms with Crippen molar-refractivity contribution in [1.82, 2.24) is 26.2 Å². The number of amides is 10. The van der Waals surface area contributed by atoms with Gasteiger partial charge in [0.15, 0.2) is 5.72 Å². The summed E-state index contributed by atoms with van der Waals surface area (Å²) in [4.78, 5) is 119. The molecule has 4 aliphatic rings. The molecule has 4 aliphatic heterocycles. The minimum Gasteiger partial charge on any atom is -0.495 e. The van der Waals surface area contributed by atoms with Crippen LogP contribution in [0.4, 0.5) is 35.8 Å². The van der Waals surface area contributed by atoms with Gasteiger partial charge in [-0.05, 0) is 87.8 Å². The summed E-state index contributed by atoms with van der Waals surface area (Å²) in [6, 6.07) is 3.60. The molecule has 0 radical (unpaired) electrons. The van der Waals surface area contributed by atoms with Crippen molar-refractivity contribution in [3.8, 4) is 5.75 Å². The zero-order valence-electron chi connectivity index (χ0n) is 47.1. The van der Waals surface area contributed by atoms with Crippen molar-refractivity contribution in [3.05, 3.63) is 82.7 Å². The molecule has 9 N–H and O–H groups in total. The van der Waals surface area contributed by atoms with E-state index < -0.39 is 131 Å². The van der Waals surface area contributed by atoms with Gasteiger partial charge in [-0.3, -0.25) is 44.3 Å². The summed E-state index contributed by atoms with van der Waals surface area (Å²) in [7, 11) is 4.30. The first-order valence-electron chi connectivity index (χ1n) is 26.9. The van der Waals surface area contributed by atoms with Gasteiger partial charge in [0, 0.05) is 63.8 Å². The van der Waals surface area contributed by atoms with E-state index >= 15 is 4.39 Å². The van der Waals surface area contributed by atoms with Crippen LogP contribution in [-0.4, -0.2) is 146 Å². The Morgan fingerprint density at radius 3 is 2.37 bits per heavy atom. The second-order valence-electron chi connectivity index (χ2n) is 21.3. The van der Waals surface area contributed by atoms with Crippen LogP contribution in [-0.2, 0) is 54.1 Å². The van der Waals surface area contributed by atoms with E-state index in [1.165, 1.54) is 44.4 Å². The molecule has 6 rings (SSSR count). The highest BCUT2D eigenvalue weighted by molar-refractivity contribution is 6.35. The fourth-order valence-corrected chi connectivity index (χ4v) is 10.3. The molecule has 10 amide bonds. The van der Waals surface area contributed by atoms with E-state index in [-0.39, 0.29) is 60.9 Å². The number of imide groups is 1. The Kier molecular flexibility index (Phi) is 21.6. The Hall–Kier alpha value is -7.61. The second kappa shape index (κ2) is 27.9. The van der Waals surface area contributed by atoms with Gasteiger partial charge in [-0.2, -0.15) is 0 Å². The minimum absolute atomic E-state index is 0.0358. The van der Waals surface area contributed by atoms with Crippen molar-refractivity contribution in [2.24, 2.45) is 17.6 Å². The molecule has 4 bridgehead atoms. The molecule has 4 heterocycles. The Labute approximate surface area is 479 Å². The van der Waals surface area contributed by atoms with Crippen molar-refractivity contribution in [2.75, 3.05) is 49.9 Å². The number of ether oxygens (including phenoxy) is 5. The molecule has 9 atom stereocenters. The highest BCUT2D eigenvalue weighted by Gasteiger charge is 2.64. The van der Waals surface area contributed by atoms with Gasteiger partial charge < -0.3 is 60.7 Å². The van der Waals surface area contributed by atoms with Gasteiger partial charge in [-0.25, -0.2) is 18.8 Å². The van der Waals surface area contributed by atoms with Crippen LogP contribution in [0.1, 0.15) is 91.5 Å². The second-order valence-corrected chi connectivity index (χ2v) is 21.6. The van der Waals surface area contributed by atoms with E-state index in [1.807, 2.05) is 13.0 Å². The van der Waals surface area contributed by atoms with Crippen molar-refractivity contribution < 1.29 is 76.3 Å². The maximum Gasteiger partial charge on any atom is 0.412 e. The van der Waals surface area contributed by atoms with Crippen LogP contribution in [0.5, 0.6) is 5.75 Å². The number of primary amides is 1. The van der Waals surface area contributed by atoms with Crippen molar-refractivity contribution >= 4 is 82.3 Å². The van der Waals surface area contributed by atoms with Gasteiger partial charge in [-0.1, -0.05) is 62.6 Å². The Morgan fingerprint density at radius 2 is 1.71 bits per heavy atom. The summed E-state index contributed by atoms with van der Waals surface area (Å²) in [5, 5.41) is 27.2. The highest BCUT2D eigenvalue weighted by Crippen LogP contribution is 2.49. The van der Waals surface area contributed by atoms with Gasteiger partial charge in [0.1, 0.15) is 52.6 Å². The number of aliphatic hydroxyl groups is 1. The summed E-state index contributed by atoms with van der Waals surface area (Å²) >= 11 is 6.80. The monoisotopic (exact) mass is 1170 g/mol. The number of urea groups is 1. The molecule has 0 aromatic heterocycles. The van der Waals surface area contributed by atoms with Crippen molar-refractivity contribution in [1.29, 1.82) is 0 Å². The van der Waals surface area contributed by atoms with Gasteiger partial charge in [-0.15, -0.1) is 0 Å². The van der Waals surface area contributed by atoms with Crippen LogP contribution in [0.3, 0.4) is 0 Å². The number of methoxy groups -OCH3 is 2. The number of unbranched alkanes of at least 4 members (excludes halogenated alkanes) is 2. The first-order chi connectivity index (χ1) is 38.8. The molecule has 0 spiro atoms. The number of carbonyl (C=O) groups is 9. The molecule has 0 saturated carbocycles. The number of halogens is 2. The van der Waals surface area contributed by atoms with E-state index in [1.54, 1.807) is 52.0 Å². The molecular weight excluding hydrogens is 1090 g/mol. The number of benzene rings is 2. The topological polar surface area (TPSA) is 328 Å². The van der Waals surface area contributed by atoms with Crippen molar-refractivity contribution in [3.63, 3.8) is 0 Å². The number of hydrogen-bond donors (Lipinski definition) is 8. The number of nitrogens with one attached hydrogen (secondary N) is 6. The molecule has 446 valence electrons. The number of anilines is 3. The summed E-state index contributed by atoms with van der Waals surface area (Å²) in [6.07, 6.45) is 2.42. The van der Waals surface area contributed by atoms with Crippen LogP contribution >= 0.6 is 11.6 Å². The molecule has 2 aromatic rings. The van der Waals surface area contributed by atoms with E-state index in [0.29, 0.717) is 25.7 Å². The molecule has 2 fully saturated rings.